The molecule has 0 fully saturated rings. The maximum Gasteiger partial charge on any atom is 0.306 e. The number of hydrogen-bond acceptors (Lipinski definition) is 5. The smallest absolute Gasteiger partial charge is 0.306 e. The van der Waals surface area contributed by atoms with Gasteiger partial charge in [-0.3, -0.25) is 9.59 Å². The molecular weight excluding hydrogens is 779 g/mol. The fourth-order valence-corrected chi connectivity index (χ4v) is 7.56. The Bertz CT molecular complexity index is 1210. The third-order valence-electron chi connectivity index (χ3n) is 11.6. The van der Waals surface area contributed by atoms with Crippen LogP contribution in [0.5, 0.6) is 0 Å². The van der Waals surface area contributed by atoms with Crippen molar-refractivity contribution in [1.82, 2.24) is 5.32 Å². The van der Waals surface area contributed by atoms with Gasteiger partial charge < -0.3 is 20.3 Å². The van der Waals surface area contributed by atoms with Crippen LogP contribution >= 0.6 is 0 Å². The van der Waals surface area contributed by atoms with Crippen molar-refractivity contribution in [3.63, 3.8) is 0 Å². The zero-order valence-corrected chi connectivity index (χ0v) is 41.2. The summed E-state index contributed by atoms with van der Waals surface area (Å²) in [5.41, 5.74) is 0. The maximum atomic E-state index is 13.2. The molecule has 3 unspecified atom stereocenters. The molecule has 0 aliphatic heterocycles. The minimum atomic E-state index is -0.804. The van der Waals surface area contributed by atoms with Gasteiger partial charge in [-0.05, 0) is 83.5 Å². The zero-order chi connectivity index (χ0) is 45.9. The molecule has 0 rings (SSSR count). The molecule has 3 atom stereocenters. The minimum absolute atomic E-state index is 0.0422. The monoisotopic (exact) mass is 878 g/mol. The molecule has 0 aromatic rings. The second-order valence-electron chi connectivity index (χ2n) is 17.6. The van der Waals surface area contributed by atoms with Crippen LogP contribution in [0.15, 0.2) is 85.1 Å². The number of aliphatic hydroxyl groups excluding tert-OH is 2. The molecule has 0 bridgehead atoms. The normalized spacial score (nSPS) is 13.9. The van der Waals surface area contributed by atoms with Crippen LogP contribution in [0.2, 0.25) is 0 Å². The van der Waals surface area contributed by atoms with Crippen molar-refractivity contribution in [3.8, 4) is 0 Å². The second-order valence-corrected chi connectivity index (χ2v) is 17.6. The average Bonchev–Trinajstić information content (AvgIpc) is 3.28. The lowest BCUT2D eigenvalue weighted by Crippen LogP contribution is -2.46. The number of amides is 1. The number of nitrogens with one attached hydrogen (secondary N) is 1. The van der Waals surface area contributed by atoms with Crippen LogP contribution in [0.4, 0.5) is 0 Å². The first-order chi connectivity index (χ1) is 31.0. The summed E-state index contributed by atoms with van der Waals surface area (Å²) < 4.78 is 5.91. The molecule has 6 heteroatoms. The van der Waals surface area contributed by atoms with Gasteiger partial charge in [-0.2, -0.15) is 0 Å². The van der Waals surface area contributed by atoms with Gasteiger partial charge in [0, 0.05) is 6.42 Å². The van der Waals surface area contributed by atoms with Gasteiger partial charge in [0.1, 0.15) is 6.10 Å². The molecule has 0 saturated carbocycles. The zero-order valence-electron chi connectivity index (χ0n) is 41.2. The van der Waals surface area contributed by atoms with Crippen molar-refractivity contribution >= 4 is 11.9 Å². The van der Waals surface area contributed by atoms with E-state index in [1.807, 2.05) is 24.3 Å². The fourth-order valence-electron chi connectivity index (χ4n) is 7.56. The van der Waals surface area contributed by atoms with Crippen molar-refractivity contribution in [1.29, 1.82) is 0 Å². The quantitative estimate of drug-likeness (QED) is 0.0245. The number of hydrogen-bond donors (Lipinski definition) is 3. The third-order valence-corrected chi connectivity index (χ3v) is 11.6. The molecule has 0 saturated heterocycles. The molecule has 0 radical (unpaired) electrons. The molecule has 0 aliphatic rings. The van der Waals surface area contributed by atoms with Crippen LogP contribution in [0.3, 0.4) is 0 Å². The summed E-state index contributed by atoms with van der Waals surface area (Å²) >= 11 is 0. The molecule has 362 valence electrons. The molecule has 6 nitrogen and oxygen atoms in total. The Morgan fingerprint density at radius 1 is 0.492 bits per heavy atom. The van der Waals surface area contributed by atoms with Gasteiger partial charge in [-0.1, -0.05) is 228 Å². The number of aliphatic hydroxyl groups is 2. The Morgan fingerprint density at radius 2 is 0.921 bits per heavy atom. The average molecular weight is 878 g/mol. The molecule has 0 aromatic carbocycles. The van der Waals surface area contributed by atoms with E-state index in [4.69, 9.17) is 4.74 Å². The Balaban J connectivity index is 4.63. The van der Waals surface area contributed by atoms with E-state index in [0.29, 0.717) is 19.3 Å². The summed E-state index contributed by atoms with van der Waals surface area (Å²) in [6, 6.07) is -0.721. The van der Waals surface area contributed by atoms with Crippen LogP contribution < -0.4 is 5.32 Å². The van der Waals surface area contributed by atoms with Gasteiger partial charge >= 0.3 is 5.97 Å². The summed E-state index contributed by atoms with van der Waals surface area (Å²) in [5, 5.41) is 23.7. The summed E-state index contributed by atoms with van der Waals surface area (Å²) in [5.74, 6) is -0.531. The number of carbonyl (C=O) groups is 2. The van der Waals surface area contributed by atoms with E-state index in [0.717, 1.165) is 89.9 Å². The van der Waals surface area contributed by atoms with Gasteiger partial charge in [0.05, 0.1) is 25.2 Å². The predicted octanol–water partition coefficient (Wildman–Crippen LogP) is 16.0. The van der Waals surface area contributed by atoms with Crippen molar-refractivity contribution in [2.24, 2.45) is 0 Å². The van der Waals surface area contributed by atoms with Crippen molar-refractivity contribution in [3.05, 3.63) is 85.1 Å². The van der Waals surface area contributed by atoms with Gasteiger partial charge in [-0.25, -0.2) is 0 Å². The first kappa shape index (κ1) is 60.0. The Hall–Kier alpha value is -2.96. The Morgan fingerprint density at radius 3 is 1.49 bits per heavy atom. The topological polar surface area (TPSA) is 95.9 Å². The Labute approximate surface area is 389 Å². The highest BCUT2D eigenvalue weighted by molar-refractivity contribution is 5.77. The van der Waals surface area contributed by atoms with Crippen molar-refractivity contribution in [2.45, 2.75) is 257 Å². The van der Waals surface area contributed by atoms with Crippen molar-refractivity contribution in [2.75, 3.05) is 6.61 Å². The van der Waals surface area contributed by atoms with Crippen molar-refractivity contribution < 1.29 is 24.5 Å². The van der Waals surface area contributed by atoms with Crippen LogP contribution in [0.25, 0.3) is 0 Å². The number of unbranched alkanes of at least 4 members (excludes halogenated alkanes) is 23. The highest BCUT2D eigenvalue weighted by Gasteiger charge is 2.24. The number of allylic oxidation sites excluding steroid dienone is 14. The first-order valence-electron chi connectivity index (χ1n) is 26.4. The third kappa shape index (κ3) is 45.4. The number of rotatable bonds is 46. The lowest BCUT2D eigenvalue weighted by atomic mass is 10.0. The van der Waals surface area contributed by atoms with E-state index in [1.54, 1.807) is 0 Å². The summed E-state index contributed by atoms with van der Waals surface area (Å²) in [6.07, 6.45) is 65.0. The molecule has 0 spiro atoms. The molecule has 0 aromatic heterocycles. The van der Waals surface area contributed by atoms with Crippen LogP contribution in [0, 0.1) is 0 Å². The highest BCUT2D eigenvalue weighted by atomic mass is 16.5. The van der Waals surface area contributed by atoms with E-state index >= 15 is 0 Å². The number of esters is 1. The van der Waals surface area contributed by atoms with Crippen LogP contribution in [-0.2, 0) is 14.3 Å². The molecule has 3 N–H and O–H groups in total. The van der Waals surface area contributed by atoms with E-state index in [-0.39, 0.29) is 24.9 Å². The van der Waals surface area contributed by atoms with Gasteiger partial charge in [0.15, 0.2) is 0 Å². The van der Waals surface area contributed by atoms with E-state index in [1.165, 1.54) is 103 Å². The standard InChI is InChI=1S/C57H99NO5/c1-4-7-10-13-16-19-22-25-26-27-28-29-30-32-35-38-41-44-47-50-57(62)63-53(48-45-42-39-36-33-31-23-20-17-14-11-8-5-2)51-56(61)58-54(52-59)55(60)49-46-43-40-37-34-24-21-18-15-12-9-6-3/h8,11,14,16-17,19-20,23,25-26,28-29,31,33,53-55,59-60H,4-7,9-10,12-13,15,18,21-22,24,27,30,32,34-52H2,1-3H3,(H,58,61)/b11-8+,17-14+,19-16-,23-20+,26-25-,29-28-,33-31-. The van der Waals surface area contributed by atoms with Gasteiger partial charge in [0.25, 0.3) is 0 Å². The number of ether oxygens (including phenoxy) is 1. The molecule has 0 aliphatic carbocycles. The lowest BCUT2D eigenvalue weighted by Gasteiger charge is -2.24. The molecule has 63 heavy (non-hydrogen) atoms. The van der Waals surface area contributed by atoms with Gasteiger partial charge in [-0.15, -0.1) is 0 Å². The van der Waals surface area contributed by atoms with E-state index < -0.39 is 18.2 Å². The van der Waals surface area contributed by atoms with E-state index in [9.17, 15) is 19.8 Å². The van der Waals surface area contributed by atoms with E-state index in [2.05, 4.69) is 86.8 Å². The lowest BCUT2D eigenvalue weighted by molar-refractivity contribution is -0.151. The summed E-state index contributed by atoms with van der Waals surface area (Å²) in [7, 11) is 0. The molecule has 1 amide bonds. The second kappa shape index (κ2) is 50.0. The summed E-state index contributed by atoms with van der Waals surface area (Å²) in [4.78, 5) is 26.2. The SMILES string of the molecule is CC/C=C/C=C/C=C/C=C\CCCCCC(CC(=O)NC(CO)C(O)CCCCCCCCCCCCCC)OC(=O)CCCCCCCC/C=C\C/C=C\C/C=C\CCCCC. The molecular formula is C57H99NO5. The fraction of sp³-hybridized carbons (Fsp3) is 0.719. The number of carbonyl (C=O) groups excluding carboxylic acids is 2. The largest absolute Gasteiger partial charge is 0.462 e. The van der Waals surface area contributed by atoms with Crippen LogP contribution in [0.1, 0.15) is 239 Å². The molecule has 0 heterocycles. The first-order valence-corrected chi connectivity index (χ1v) is 26.4. The highest BCUT2D eigenvalue weighted by Crippen LogP contribution is 2.17. The minimum Gasteiger partial charge on any atom is -0.462 e. The Kier molecular flexibility index (Phi) is 47.7. The summed E-state index contributed by atoms with van der Waals surface area (Å²) in [6.45, 7) is 6.30. The van der Waals surface area contributed by atoms with Crippen LogP contribution in [-0.4, -0.2) is 46.9 Å². The van der Waals surface area contributed by atoms with Gasteiger partial charge in [0.2, 0.25) is 5.91 Å². The predicted molar refractivity (Wildman–Crippen MR) is 273 cm³/mol. The maximum absolute atomic E-state index is 13.2.